The SMILES string of the molecule is COCCN(C)C(=O)n1c(=O)n(C)c2nc(-c3cccc(OC)c3)ncc21. The summed E-state index contributed by atoms with van der Waals surface area (Å²) in [6.07, 6.45) is 1.49. The third-order valence-corrected chi connectivity index (χ3v) is 4.26. The number of carbonyl (C=O) groups is 1. The van der Waals surface area contributed by atoms with E-state index >= 15 is 0 Å². The molecule has 3 aromatic rings. The molecule has 2 heterocycles. The van der Waals surface area contributed by atoms with E-state index in [0.29, 0.717) is 35.9 Å². The van der Waals surface area contributed by atoms with Crippen molar-refractivity contribution in [1.82, 2.24) is 24.0 Å². The van der Waals surface area contributed by atoms with E-state index in [9.17, 15) is 9.59 Å². The van der Waals surface area contributed by atoms with Gasteiger partial charge in [-0.25, -0.2) is 24.1 Å². The van der Waals surface area contributed by atoms with Crippen LogP contribution in [0.5, 0.6) is 5.75 Å². The molecular formula is C18H21N5O4. The first-order valence-corrected chi connectivity index (χ1v) is 8.31. The van der Waals surface area contributed by atoms with Crippen LogP contribution in [0.4, 0.5) is 4.79 Å². The number of aromatic nitrogens is 4. The maximum absolute atomic E-state index is 12.7. The van der Waals surface area contributed by atoms with Gasteiger partial charge in [0.05, 0.1) is 19.9 Å². The maximum atomic E-state index is 12.7. The van der Waals surface area contributed by atoms with E-state index in [-0.39, 0.29) is 0 Å². The van der Waals surface area contributed by atoms with Gasteiger partial charge < -0.3 is 14.4 Å². The number of hydrogen-bond acceptors (Lipinski definition) is 6. The average molecular weight is 371 g/mol. The molecule has 0 saturated heterocycles. The van der Waals surface area contributed by atoms with Crippen LogP contribution in [0.1, 0.15) is 0 Å². The highest BCUT2D eigenvalue weighted by Crippen LogP contribution is 2.22. The van der Waals surface area contributed by atoms with Gasteiger partial charge >= 0.3 is 11.7 Å². The number of hydrogen-bond donors (Lipinski definition) is 0. The van der Waals surface area contributed by atoms with Gasteiger partial charge in [-0.3, -0.25) is 4.57 Å². The Bertz CT molecular complexity index is 1040. The molecule has 0 radical (unpaired) electrons. The average Bonchev–Trinajstić information content (AvgIpc) is 2.95. The van der Waals surface area contributed by atoms with Crippen molar-refractivity contribution in [2.24, 2.45) is 7.05 Å². The van der Waals surface area contributed by atoms with Gasteiger partial charge in [-0.15, -0.1) is 0 Å². The molecule has 1 aromatic carbocycles. The Balaban J connectivity index is 2.07. The number of fused-ring (bicyclic) bond motifs is 1. The quantitative estimate of drug-likeness (QED) is 0.672. The third kappa shape index (κ3) is 3.41. The molecule has 0 unspecified atom stereocenters. The van der Waals surface area contributed by atoms with Crippen molar-refractivity contribution in [3.05, 3.63) is 40.9 Å². The number of rotatable bonds is 5. The Morgan fingerprint density at radius 2 is 2.07 bits per heavy atom. The van der Waals surface area contributed by atoms with Gasteiger partial charge in [-0.05, 0) is 12.1 Å². The van der Waals surface area contributed by atoms with E-state index in [1.165, 1.54) is 15.7 Å². The molecule has 0 bridgehead atoms. The second-order valence-electron chi connectivity index (χ2n) is 6.01. The normalized spacial score (nSPS) is 11.0. The maximum Gasteiger partial charge on any atom is 0.338 e. The van der Waals surface area contributed by atoms with Crippen LogP contribution < -0.4 is 10.4 Å². The molecule has 2 aromatic heterocycles. The number of carbonyl (C=O) groups excluding carboxylic acids is 1. The Morgan fingerprint density at radius 3 is 2.78 bits per heavy atom. The number of benzene rings is 1. The van der Waals surface area contributed by atoms with Crippen molar-refractivity contribution in [3.8, 4) is 17.1 Å². The lowest BCUT2D eigenvalue weighted by molar-refractivity contribution is 0.160. The van der Waals surface area contributed by atoms with Crippen LogP contribution in [0, 0.1) is 0 Å². The van der Waals surface area contributed by atoms with Gasteiger partial charge in [0.15, 0.2) is 11.5 Å². The first kappa shape index (κ1) is 18.6. The molecule has 1 amide bonds. The van der Waals surface area contributed by atoms with Crippen molar-refractivity contribution in [2.45, 2.75) is 0 Å². The Hall–Kier alpha value is -3.20. The summed E-state index contributed by atoms with van der Waals surface area (Å²) in [6, 6.07) is 6.85. The molecule has 0 aliphatic rings. The number of amides is 1. The Labute approximate surface area is 155 Å². The molecule has 3 rings (SSSR count). The van der Waals surface area contributed by atoms with Crippen LogP contribution in [-0.2, 0) is 11.8 Å². The summed E-state index contributed by atoms with van der Waals surface area (Å²) in [5.74, 6) is 1.12. The van der Waals surface area contributed by atoms with E-state index in [0.717, 1.165) is 10.1 Å². The van der Waals surface area contributed by atoms with Crippen LogP contribution in [0.3, 0.4) is 0 Å². The summed E-state index contributed by atoms with van der Waals surface area (Å²) in [6.45, 7) is 0.735. The smallest absolute Gasteiger partial charge is 0.338 e. The van der Waals surface area contributed by atoms with Crippen molar-refractivity contribution in [2.75, 3.05) is 34.4 Å². The summed E-state index contributed by atoms with van der Waals surface area (Å²) in [5, 5.41) is 0. The summed E-state index contributed by atoms with van der Waals surface area (Å²) >= 11 is 0. The van der Waals surface area contributed by atoms with Gasteiger partial charge in [-0.2, -0.15) is 0 Å². The highest BCUT2D eigenvalue weighted by atomic mass is 16.5. The number of likely N-dealkylation sites (N-methyl/N-ethyl adjacent to an activating group) is 1. The van der Waals surface area contributed by atoms with E-state index in [2.05, 4.69) is 9.97 Å². The van der Waals surface area contributed by atoms with Crippen molar-refractivity contribution in [3.63, 3.8) is 0 Å². The minimum Gasteiger partial charge on any atom is -0.497 e. The summed E-state index contributed by atoms with van der Waals surface area (Å²) in [4.78, 5) is 35.5. The minimum atomic E-state index is -0.476. The first-order valence-electron chi connectivity index (χ1n) is 8.31. The molecule has 9 heteroatoms. The van der Waals surface area contributed by atoms with Crippen LogP contribution in [0.25, 0.3) is 22.6 Å². The van der Waals surface area contributed by atoms with Gasteiger partial charge in [0.2, 0.25) is 0 Å². The summed E-state index contributed by atoms with van der Waals surface area (Å²) in [5.41, 5.74) is 1.00. The fourth-order valence-corrected chi connectivity index (χ4v) is 2.70. The number of imidazole rings is 1. The topological polar surface area (TPSA) is 91.5 Å². The van der Waals surface area contributed by atoms with E-state index in [1.54, 1.807) is 34.4 Å². The summed E-state index contributed by atoms with van der Waals surface area (Å²) < 4.78 is 12.6. The van der Waals surface area contributed by atoms with Gasteiger partial charge in [0, 0.05) is 33.3 Å². The number of aryl methyl sites for hydroxylation is 1. The van der Waals surface area contributed by atoms with Crippen LogP contribution >= 0.6 is 0 Å². The molecule has 0 fully saturated rings. The first-order chi connectivity index (χ1) is 13.0. The van der Waals surface area contributed by atoms with Gasteiger partial charge in [-0.1, -0.05) is 12.1 Å². The van der Waals surface area contributed by atoms with E-state index < -0.39 is 11.7 Å². The molecule has 0 saturated carbocycles. The number of methoxy groups -OCH3 is 2. The largest absolute Gasteiger partial charge is 0.497 e. The van der Waals surface area contributed by atoms with Crippen molar-refractivity contribution >= 4 is 17.2 Å². The second kappa shape index (κ2) is 7.58. The zero-order valence-electron chi connectivity index (χ0n) is 15.7. The third-order valence-electron chi connectivity index (χ3n) is 4.26. The van der Waals surface area contributed by atoms with Gasteiger partial charge in [0.25, 0.3) is 0 Å². The lowest BCUT2D eigenvalue weighted by Gasteiger charge is -2.16. The fourth-order valence-electron chi connectivity index (χ4n) is 2.70. The Kier molecular flexibility index (Phi) is 5.22. The van der Waals surface area contributed by atoms with Crippen LogP contribution in [0.2, 0.25) is 0 Å². The molecule has 142 valence electrons. The molecule has 9 nitrogen and oxygen atoms in total. The molecule has 0 spiro atoms. The predicted octanol–water partition coefficient (Wildman–Crippen LogP) is 1.35. The zero-order chi connectivity index (χ0) is 19.6. The standard InChI is InChI=1S/C18H21N5O4/c1-21(8-9-26-3)17(24)23-14-11-19-15(20-16(14)22(2)18(23)25)12-6-5-7-13(10-12)27-4/h5-7,10-11H,8-9H2,1-4H3. The second-order valence-corrected chi connectivity index (χ2v) is 6.01. The van der Waals surface area contributed by atoms with Crippen molar-refractivity contribution < 1.29 is 14.3 Å². The molecule has 0 aliphatic carbocycles. The Morgan fingerprint density at radius 1 is 1.30 bits per heavy atom. The van der Waals surface area contributed by atoms with Gasteiger partial charge in [0.1, 0.15) is 11.3 Å². The number of ether oxygens (including phenoxy) is 2. The van der Waals surface area contributed by atoms with Crippen LogP contribution in [-0.4, -0.2) is 64.5 Å². The lowest BCUT2D eigenvalue weighted by atomic mass is 10.2. The number of nitrogens with zero attached hydrogens (tertiary/aromatic N) is 5. The molecule has 27 heavy (non-hydrogen) atoms. The van der Waals surface area contributed by atoms with Crippen LogP contribution in [0.15, 0.2) is 35.3 Å². The van der Waals surface area contributed by atoms with Crippen molar-refractivity contribution in [1.29, 1.82) is 0 Å². The molecular weight excluding hydrogens is 350 g/mol. The highest BCUT2D eigenvalue weighted by molar-refractivity contribution is 5.88. The molecule has 0 aliphatic heterocycles. The minimum absolute atomic E-state index is 0.350. The monoisotopic (exact) mass is 371 g/mol. The fraction of sp³-hybridized carbons (Fsp3) is 0.333. The summed E-state index contributed by atoms with van der Waals surface area (Å²) in [7, 11) is 6.32. The zero-order valence-corrected chi connectivity index (χ0v) is 15.7. The molecule has 0 N–H and O–H groups in total. The predicted molar refractivity (Wildman–Crippen MR) is 100 cm³/mol. The lowest BCUT2D eigenvalue weighted by Crippen LogP contribution is -2.39. The molecule has 0 atom stereocenters. The van der Waals surface area contributed by atoms with E-state index in [4.69, 9.17) is 9.47 Å². The highest BCUT2D eigenvalue weighted by Gasteiger charge is 2.21. The van der Waals surface area contributed by atoms with E-state index in [1.807, 2.05) is 18.2 Å².